The minimum absolute atomic E-state index is 0.0328. The van der Waals surface area contributed by atoms with Gasteiger partial charge in [-0.25, -0.2) is 8.42 Å². The molecule has 0 aromatic heterocycles. The number of hydrogen-bond acceptors (Lipinski definition) is 5. The Morgan fingerprint density at radius 1 is 1.06 bits per heavy atom. The Labute approximate surface area is 217 Å². The summed E-state index contributed by atoms with van der Waals surface area (Å²) in [5.41, 5.74) is 0.944. The fourth-order valence-corrected chi connectivity index (χ4v) is 4.42. The zero-order valence-corrected chi connectivity index (χ0v) is 22.7. The molecule has 1 N–H and O–H groups in total. The van der Waals surface area contributed by atoms with Crippen molar-refractivity contribution in [3.05, 3.63) is 58.1 Å². The number of methoxy groups -OCH3 is 1. The predicted molar refractivity (Wildman–Crippen MR) is 140 cm³/mol. The van der Waals surface area contributed by atoms with Crippen LogP contribution in [-0.2, 0) is 26.2 Å². The summed E-state index contributed by atoms with van der Waals surface area (Å²) in [7, 11) is -2.31. The average molecular weight is 545 g/mol. The number of sulfonamides is 1. The molecule has 0 aliphatic heterocycles. The second-order valence-electron chi connectivity index (χ2n) is 8.23. The molecule has 0 fully saturated rings. The van der Waals surface area contributed by atoms with Crippen molar-refractivity contribution in [3.8, 4) is 5.75 Å². The zero-order chi connectivity index (χ0) is 26.3. The van der Waals surface area contributed by atoms with E-state index in [2.05, 4.69) is 5.32 Å². The summed E-state index contributed by atoms with van der Waals surface area (Å²) in [5.74, 6) is -0.350. The minimum atomic E-state index is -3.81. The number of ether oxygens (including phenoxy) is 1. The maximum absolute atomic E-state index is 13.5. The summed E-state index contributed by atoms with van der Waals surface area (Å²) >= 11 is 12.2. The first-order valence-corrected chi connectivity index (χ1v) is 13.6. The highest BCUT2D eigenvalue weighted by Gasteiger charge is 2.30. The first-order chi connectivity index (χ1) is 16.4. The standard InChI is InChI=1S/C24H31Cl2N3O5S/c1-6-16(2)27-24(31)17(3)28(14-18-7-12-21(25)22(26)13-18)23(30)15-29(35(5,32)33)19-8-10-20(34-4)11-9-19/h7-13,16-17H,6,14-15H2,1-5H3,(H,27,31)/t16-,17+/m1/s1. The van der Waals surface area contributed by atoms with Crippen molar-refractivity contribution in [2.75, 3.05) is 24.2 Å². The highest BCUT2D eigenvalue weighted by atomic mass is 35.5. The van der Waals surface area contributed by atoms with E-state index in [0.717, 1.165) is 17.0 Å². The molecule has 0 radical (unpaired) electrons. The van der Waals surface area contributed by atoms with E-state index in [-0.39, 0.29) is 18.5 Å². The molecular weight excluding hydrogens is 513 g/mol. The number of nitrogens with one attached hydrogen (secondary N) is 1. The van der Waals surface area contributed by atoms with Gasteiger partial charge in [-0.3, -0.25) is 13.9 Å². The molecule has 0 heterocycles. The van der Waals surface area contributed by atoms with E-state index in [1.165, 1.54) is 12.0 Å². The number of hydrogen-bond donors (Lipinski definition) is 1. The van der Waals surface area contributed by atoms with Gasteiger partial charge in [0.15, 0.2) is 0 Å². The Hall–Kier alpha value is -2.49. The third-order valence-electron chi connectivity index (χ3n) is 5.54. The lowest BCUT2D eigenvalue weighted by Crippen LogP contribution is -2.52. The van der Waals surface area contributed by atoms with E-state index in [1.54, 1.807) is 49.4 Å². The second kappa shape index (κ2) is 12.5. The van der Waals surface area contributed by atoms with Crippen LogP contribution in [0, 0.1) is 0 Å². The van der Waals surface area contributed by atoms with Crippen LogP contribution in [0.3, 0.4) is 0 Å². The zero-order valence-electron chi connectivity index (χ0n) is 20.4. The molecule has 2 rings (SSSR count). The summed E-state index contributed by atoms with van der Waals surface area (Å²) in [5, 5.41) is 3.54. The van der Waals surface area contributed by atoms with Crippen LogP contribution in [0.5, 0.6) is 5.75 Å². The Morgan fingerprint density at radius 3 is 2.20 bits per heavy atom. The van der Waals surface area contributed by atoms with Gasteiger partial charge in [-0.15, -0.1) is 0 Å². The third kappa shape index (κ3) is 8.02. The van der Waals surface area contributed by atoms with Crippen molar-refractivity contribution >= 4 is 50.7 Å². The lowest BCUT2D eigenvalue weighted by Gasteiger charge is -2.32. The molecule has 2 aromatic rings. The molecule has 2 aromatic carbocycles. The summed E-state index contributed by atoms with van der Waals surface area (Å²) in [6.45, 7) is 4.95. The van der Waals surface area contributed by atoms with Gasteiger partial charge < -0.3 is 15.0 Å². The summed E-state index contributed by atoms with van der Waals surface area (Å²) < 4.78 is 31.3. The third-order valence-corrected chi connectivity index (χ3v) is 7.42. The number of rotatable bonds is 11. The van der Waals surface area contributed by atoms with Gasteiger partial charge in [0.05, 0.1) is 29.1 Å². The Bertz CT molecular complexity index is 1140. The van der Waals surface area contributed by atoms with Gasteiger partial charge in [-0.1, -0.05) is 36.2 Å². The maximum atomic E-state index is 13.5. The van der Waals surface area contributed by atoms with E-state index in [0.29, 0.717) is 27.0 Å². The number of carbonyl (C=O) groups excluding carboxylic acids is 2. The van der Waals surface area contributed by atoms with E-state index in [1.807, 2.05) is 13.8 Å². The highest BCUT2D eigenvalue weighted by Crippen LogP contribution is 2.25. The normalized spacial score (nSPS) is 13.0. The number of anilines is 1. The number of amides is 2. The van der Waals surface area contributed by atoms with Crippen LogP contribution in [0.4, 0.5) is 5.69 Å². The van der Waals surface area contributed by atoms with Gasteiger partial charge in [-0.2, -0.15) is 0 Å². The van der Waals surface area contributed by atoms with Crippen molar-refractivity contribution in [1.29, 1.82) is 0 Å². The highest BCUT2D eigenvalue weighted by molar-refractivity contribution is 7.92. The van der Waals surface area contributed by atoms with Crippen LogP contribution in [-0.4, -0.2) is 57.1 Å². The van der Waals surface area contributed by atoms with E-state index in [4.69, 9.17) is 27.9 Å². The molecule has 35 heavy (non-hydrogen) atoms. The SMILES string of the molecule is CC[C@@H](C)NC(=O)[C@H](C)N(Cc1ccc(Cl)c(Cl)c1)C(=O)CN(c1ccc(OC)cc1)S(C)(=O)=O. The minimum Gasteiger partial charge on any atom is -0.497 e. The monoisotopic (exact) mass is 543 g/mol. The van der Waals surface area contributed by atoms with Crippen molar-refractivity contribution < 1.29 is 22.7 Å². The summed E-state index contributed by atoms with van der Waals surface area (Å²) in [6.07, 6.45) is 1.74. The molecule has 2 atom stereocenters. The smallest absolute Gasteiger partial charge is 0.244 e. The largest absolute Gasteiger partial charge is 0.497 e. The first kappa shape index (κ1) is 28.7. The van der Waals surface area contributed by atoms with E-state index in [9.17, 15) is 18.0 Å². The van der Waals surface area contributed by atoms with Gasteiger partial charge in [0.1, 0.15) is 18.3 Å². The Morgan fingerprint density at radius 2 is 1.69 bits per heavy atom. The van der Waals surface area contributed by atoms with Crippen LogP contribution < -0.4 is 14.4 Å². The van der Waals surface area contributed by atoms with Crippen LogP contribution in [0.15, 0.2) is 42.5 Å². The average Bonchev–Trinajstić information content (AvgIpc) is 2.81. The fourth-order valence-electron chi connectivity index (χ4n) is 3.25. The molecule has 8 nitrogen and oxygen atoms in total. The van der Waals surface area contributed by atoms with Crippen LogP contribution >= 0.6 is 23.2 Å². The lowest BCUT2D eigenvalue weighted by molar-refractivity contribution is -0.139. The molecule has 0 unspecified atom stereocenters. The molecular formula is C24H31Cl2N3O5S. The van der Waals surface area contributed by atoms with E-state index < -0.39 is 28.5 Å². The molecule has 0 bridgehead atoms. The predicted octanol–water partition coefficient (Wildman–Crippen LogP) is 4.10. The second-order valence-corrected chi connectivity index (χ2v) is 11.0. The van der Waals surface area contributed by atoms with Crippen LogP contribution in [0.2, 0.25) is 10.0 Å². The van der Waals surface area contributed by atoms with Crippen molar-refractivity contribution in [2.24, 2.45) is 0 Å². The van der Waals surface area contributed by atoms with E-state index >= 15 is 0 Å². The molecule has 0 spiro atoms. The quantitative estimate of drug-likeness (QED) is 0.460. The molecule has 0 aliphatic rings. The Kier molecular flexibility index (Phi) is 10.2. The fraction of sp³-hybridized carbons (Fsp3) is 0.417. The molecule has 0 saturated carbocycles. The van der Waals surface area contributed by atoms with Crippen molar-refractivity contribution in [1.82, 2.24) is 10.2 Å². The number of carbonyl (C=O) groups is 2. The van der Waals surface area contributed by atoms with Gasteiger partial charge in [0.2, 0.25) is 21.8 Å². The number of benzene rings is 2. The maximum Gasteiger partial charge on any atom is 0.244 e. The van der Waals surface area contributed by atoms with Gasteiger partial charge >= 0.3 is 0 Å². The van der Waals surface area contributed by atoms with Gasteiger partial charge in [-0.05, 0) is 62.2 Å². The van der Waals surface area contributed by atoms with Crippen molar-refractivity contribution in [3.63, 3.8) is 0 Å². The van der Waals surface area contributed by atoms with Crippen molar-refractivity contribution in [2.45, 2.75) is 45.8 Å². The molecule has 2 amide bonds. The van der Waals surface area contributed by atoms with Gasteiger partial charge in [0.25, 0.3) is 0 Å². The van der Waals surface area contributed by atoms with Crippen LogP contribution in [0.25, 0.3) is 0 Å². The topological polar surface area (TPSA) is 96.0 Å². The van der Waals surface area contributed by atoms with Crippen LogP contribution in [0.1, 0.15) is 32.8 Å². The molecule has 0 saturated heterocycles. The molecule has 192 valence electrons. The van der Waals surface area contributed by atoms with Gasteiger partial charge in [0, 0.05) is 12.6 Å². The molecule has 0 aliphatic carbocycles. The molecule has 11 heteroatoms. The summed E-state index contributed by atoms with van der Waals surface area (Å²) in [4.78, 5) is 27.7. The number of nitrogens with zero attached hydrogens (tertiary/aromatic N) is 2. The Balaban J connectivity index is 2.40. The number of halogens is 2. The first-order valence-electron chi connectivity index (χ1n) is 11.0. The summed E-state index contributed by atoms with van der Waals surface area (Å²) in [6, 6.07) is 10.3. The lowest BCUT2D eigenvalue weighted by atomic mass is 10.1.